The number of ether oxygens (including phenoxy) is 1. The third-order valence-corrected chi connectivity index (χ3v) is 13.4. The predicted octanol–water partition coefficient (Wildman–Crippen LogP) is 3.93. The lowest BCUT2D eigenvalue weighted by atomic mass is 10.0. The van der Waals surface area contributed by atoms with Crippen molar-refractivity contribution in [3.8, 4) is 17.3 Å². The Bertz CT molecular complexity index is 2590. The molecular formula is C42H44N8O8S. The Balaban J connectivity index is 1.06. The van der Waals surface area contributed by atoms with Crippen LogP contribution in [0.5, 0.6) is 5.88 Å². The summed E-state index contributed by atoms with van der Waals surface area (Å²) in [6.45, 7) is -0.0699. The van der Waals surface area contributed by atoms with E-state index in [-0.39, 0.29) is 31.0 Å². The first-order chi connectivity index (χ1) is 28.5. The summed E-state index contributed by atoms with van der Waals surface area (Å²) in [7, 11) is -2.23. The van der Waals surface area contributed by atoms with E-state index in [0.717, 1.165) is 18.2 Å². The van der Waals surface area contributed by atoms with Gasteiger partial charge in [0.25, 0.3) is 11.8 Å². The Hall–Kier alpha value is -6.10. The molecule has 4 aliphatic rings. The maximum Gasteiger partial charge on any atom is 0.272 e. The van der Waals surface area contributed by atoms with Gasteiger partial charge in [0.2, 0.25) is 27.7 Å². The van der Waals surface area contributed by atoms with Gasteiger partial charge in [0.05, 0.1) is 22.8 Å². The van der Waals surface area contributed by atoms with Gasteiger partial charge < -0.3 is 24.7 Å². The van der Waals surface area contributed by atoms with Crippen molar-refractivity contribution >= 4 is 55.7 Å². The average Bonchev–Trinajstić information content (AvgIpc) is 4.04. The molecule has 1 saturated heterocycles. The van der Waals surface area contributed by atoms with Crippen LogP contribution < -0.4 is 20.1 Å². The molecule has 2 aliphatic heterocycles. The maximum absolute atomic E-state index is 14.8. The van der Waals surface area contributed by atoms with Crippen molar-refractivity contribution in [2.75, 3.05) is 6.54 Å². The zero-order valence-electron chi connectivity index (χ0n) is 32.4. The molecule has 4 amide bonds. The van der Waals surface area contributed by atoms with Gasteiger partial charge in [-0.3, -0.25) is 28.6 Å². The molecule has 9 rings (SSSR count). The van der Waals surface area contributed by atoms with Gasteiger partial charge in [-0.15, -0.1) is 0 Å². The summed E-state index contributed by atoms with van der Waals surface area (Å²) in [5.74, 6) is -2.38. The fourth-order valence-corrected chi connectivity index (χ4v) is 9.46. The summed E-state index contributed by atoms with van der Waals surface area (Å²) in [6, 6.07) is 16.1. The molecule has 2 aliphatic carbocycles. The van der Waals surface area contributed by atoms with Gasteiger partial charge in [0.1, 0.15) is 35.0 Å². The molecule has 17 heteroatoms. The van der Waals surface area contributed by atoms with Gasteiger partial charge in [0.15, 0.2) is 11.5 Å². The molecule has 0 bridgehead atoms. The highest BCUT2D eigenvalue weighted by atomic mass is 32.2. The van der Waals surface area contributed by atoms with Gasteiger partial charge in [-0.05, 0) is 68.9 Å². The van der Waals surface area contributed by atoms with E-state index in [1.165, 1.54) is 9.58 Å². The van der Waals surface area contributed by atoms with Crippen molar-refractivity contribution in [1.82, 2.24) is 40.0 Å². The number of hydrogen-bond donors (Lipinski definition) is 3. The number of nitrogens with one attached hydrogen (secondary N) is 3. The van der Waals surface area contributed by atoms with Gasteiger partial charge in [0, 0.05) is 31.0 Å². The van der Waals surface area contributed by atoms with Crippen molar-refractivity contribution in [3.63, 3.8) is 0 Å². The topological polar surface area (TPSA) is 208 Å². The molecule has 5 heterocycles. The lowest BCUT2D eigenvalue weighted by Gasteiger charge is -2.29. The Morgan fingerprint density at radius 2 is 1.76 bits per heavy atom. The molecule has 2 saturated carbocycles. The van der Waals surface area contributed by atoms with Crippen LogP contribution in [-0.4, -0.2) is 92.2 Å². The Labute approximate surface area is 339 Å². The molecular weight excluding hydrogens is 777 g/mol. The fourth-order valence-electron chi connectivity index (χ4n) is 8.10. The molecule has 2 aromatic carbocycles. The molecule has 0 unspecified atom stereocenters. The number of sulfonamides is 1. The number of nitrogens with zero attached hydrogens (tertiary/aromatic N) is 5. The molecule has 5 aromatic rings. The van der Waals surface area contributed by atoms with Crippen LogP contribution in [0, 0.1) is 5.92 Å². The number of carbonyl (C=O) groups is 4. The van der Waals surface area contributed by atoms with E-state index in [1.54, 1.807) is 25.4 Å². The molecule has 0 spiro atoms. The van der Waals surface area contributed by atoms with E-state index in [0.29, 0.717) is 60.2 Å². The Kier molecular flexibility index (Phi) is 9.93. The summed E-state index contributed by atoms with van der Waals surface area (Å²) in [6.07, 6.45) is 8.88. The number of para-hydroxylation sites is 3. The van der Waals surface area contributed by atoms with E-state index in [4.69, 9.17) is 19.1 Å². The third kappa shape index (κ3) is 7.78. The number of fused-ring (bicyclic) bond motifs is 4. The third-order valence-electron chi connectivity index (χ3n) is 11.6. The second-order valence-electron chi connectivity index (χ2n) is 15.9. The summed E-state index contributed by atoms with van der Waals surface area (Å²) >= 11 is 0. The average molecular weight is 821 g/mol. The number of furan rings is 1. The molecule has 306 valence electrons. The van der Waals surface area contributed by atoms with Gasteiger partial charge in [-0.1, -0.05) is 55.3 Å². The number of amides is 4. The summed E-state index contributed by atoms with van der Waals surface area (Å²) < 4.78 is 42.4. The first-order valence-corrected chi connectivity index (χ1v) is 21.6. The van der Waals surface area contributed by atoms with Crippen LogP contribution >= 0.6 is 0 Å². The van der Waals surface area contributed by atoms with Crippen LogP contribution in [0.1, 0.15) is 68.3 Å². The van der Waals surface area contributed by atoms with Crippen molar-refractivity contribution < 1.29 is 36.7 Å². The fraction of sp³-hybridized carbons (Fsp3) is 0.405. The van der Waals surface area contributed by atoms with Crippen LogP contribution in [0.4, 0.5) is 0 Å². The van der Waals surface area contributed by atoms with Crippen LogP contribution in [-0.2, 0) is 31.5 Å². The Morgan fingerprint density at radius 3 is 2.53 bits per heavy atom. The SMILES string of the molecule is Cn1ccc(C(=O)N[C@H]2CCCCC/C=C\[C@@H]3C[C@@]3(C(=O)NS(=O)(=O)C3CC3)NC(=O)[C@@H]3C[C@@H](Oc4nc5ccccc5nc4-c4cc5ccccc5o4)CN3C2=O)n1. The summed E-state index contributed by atoms with van der Waals surface area (Å²) in [4.78, 5) is 67.7. The lowest BCUT2D eigenvalue weighted by Crippen LogP contribution is -2.58. The zero-order valence-corrected chi connectivity index (χ0v) is 33.2. The van der Waals surface area contributed by atoms with Crippen molar-refractivity contribution in [3.05, 3.63) is 84.7 Å². The highest BCUT2D eigenvalue weighted by molar-refractivity contribution is 7.91. The number of hydrogen-bond acceptors (Lipinski definition) is 11. The van der Waals surface area contributed by atoms with E-state index in [1.807, 2.05) is 60.7 Å². The first-order valence-electron chi connectivity index (χ1n) is 20.1. The smallest absolute Gasteiger partial charge is 0.272 e. The minimum atomic E-state index is -3.92. The maximum atomic E-state index is 14.8. The number of aromatic nitrogens is 4. The van der Waals surface area contributed by atoms with Crippen molar-refractivity contribution in [1.29, 1.82) is 0 Å². The lowest BCUT2D eigenvalue weighted by molar-refractivity contribution is -0.141. The highest BCUT2D eigenvalue weighted by Crippen LogP contribution is 2.46. The Morgan fingerprint density at radius 1 is 0.983 bits per heavy atom. The van der Waals surface area contributed by atoms with Crippen LogP contribution in [0.25, 0.3) is 33.5 Å². The van der Waals surface area contributed by atoms with E-state index in [9.17, 15) is 27.6 Å². The molecule has 5 atom stereocenters. The molecule has 3 fully saturated rings. The molecule has 59 heavy (non-hydrogen) atoms. The van der Waals surface area contributed by atoms with E-state index >= 15 is 0 Å². The number of rotatable bonds is 8. The van der Waals surface area contributed by atoms with E-state index < -0.39 is 68.5 Å². The molecule has 3 aromatic heterocycles. The van der Waals surface area contributed by atoms with Gasteiger partial charge in [-0.25, -0.2) is 18.4 Å². The first kappa shape index (κ1) is 38.4. The number of aryl methyl sites for hydroxylation is 1. The number of benzene rings is 2. The summed E-state index contributed by atoms with van der Waals surface area (Å²) in [5, 5.41) is 10.2. The van der Waals surface area contributed by atoms with Crippen molar-refractivity contribution in [2.24, 2.45) is 13.0 Å². The quantitative estimate of drug-likeness (QED) is 0.191. The van der Waals surface area contributed by atoms with Crippen molar-refractivity contribution in [2.45, 2.75) is 86.8 Å². The molecule has 3 N–H and O–H groups in total. The predicted molar refractivity (Wildman–Crippen MR) is 215 cm³/mol. The zero-order chi connectivity index (χ0) is 40.9. The molecule has 16 nitrogen and oxygen atoms in total. The largest absolute Gasteiger partial charge is 0.471 e. The standard InChI is InChI=1S/C42H44N8O8S/c1-49-20-19-31(47-49)37(51)44-32-15-6-4-2-3-5-12-26-23-42(26,41(54)48-59(55,56)28-17-18-28)46-38(52)33-22-27(24-50(33)40(32)53)57-39-36(43-29-13-8-9-14-30(29)45-39)35-21-25-11-7-10-16-34(25)58-35/h5,7-14,16,19-21,26-28,32-33H,2-4,6,15,17-18,22-24H2,1H3,(H,44,51)(H,46,52)(H,48,54)/b12-5-/t26-,27-,32+,33+,42-/m1/s1. The number of carbonyl (C=O) groups excluding carboxylic acids is 4. The second-order valence-corrected chi connectivity index (χ2v) is 17.9. The van der Waals surface area contributed by atoms with Crippen LogP contribution in [0.3, 0.4) is 0 Å². The highest BCUT2D eigenvalue weighted by Gasteiger charge is 2.62. The minimum absolute atomic E-state index is 0.00879. The van der Waals surface area contributed by atoms with Gasteiger partial charge in [-0.2, -0.15) is 5.10 Å². The van der Waals surface area contributed by atoms with Crippen LogP contribution in [0.2, 0.25) is 0 Å². The second kappa shape index (κ2) is 15.3. The number of allylic oxidation sites excluding steroid dienone is 1. The van der Waals surface area contributed by atoms with Crippen LogP contribution in [0.15, 0.2) is 83.4 Å². The van der Waals surface area contributed by atoms with E-state index in [2.05, 4.69) is 20.5 Å². The minimum Gasteiger partial charge on any atom is -0.471 e. The summed E-state index contributed by atoms with van der Waals surface area (Å²) in [5.41, 5.74) is 0.751. The monoisotopic (exact) mass is 820 g/mol. The molecule has 0 radical (unpaired) electrons. The normalized spacial score (nSPS) is 25.6. The van der Waals surface area contributed by atoms with Gasteiger partial charge >= 0.3 is 0 Å².